The van der Waals surface area contributed by atoms with Crippen molar-refractivity contribution in [1.29, 1.82) is 0 Å². The molecule has 2 rings (SSSR count). The minimum atomic E-state index is -0.444. The Bertz CT molecular complexity index is 829. The summed E-state index contributed by atoms with van der Waals surface area (Å²) in [5, 5.41) is 6.97. The van der Waals surface area contributed by atoms with Crippen molar-refractivity contribution in [2.75, 3.05) is 26.1 Å². The summed E-state index contributed by atoms with van der Waals surface area (Å²) in [7, 11) is 4.90. The highest BCUT2D eigenvalue weighted by atomic mass is 16.5. The van der Waals surface area contributed by atoms with Crippen LogP contribution in [0, 0.1) is 13.8 Å². The molecule has 1 aromatic heterocycles. The largest absolute Gasteiger partial charge is 0.497 e. The maximum Gasteiger partial charge on any atom is 0.306 e. The molecule has 8 nitrogen and oxygen atoms in total. The number of carbonyl (C=O) groups is 2. The highest BCUT2D eigenvalue weighted by Crippen LogP contribution is 2.28. The maximum absolute atomic E-state index is 12.0. The van der Waals surface area contributed by atoms with E-state index in [0.29, 0.717) is 23.6 Å². The number of anilines is 1. The normalized spacial score (nSPS) is 10.4. The van der Waals surface area contributed by atoms with Crippen molar-refractivity contribution < 1.29 is 23.8 Å². The van der Waals surface area contributed by atoms with Gasteiger partial charge in [-0.25, -0.2) is 0 Å². The number of aromatic nitrogens is 2. The first kappa shape index (κ1) is 20.3. The number of carbonyl (C=O) groups excluding carboxylic acids is 2. The van der Waals surface area contributed by atoms with E-state index in [2.05, 4.69) is 10.4 Å². The molecule has 0 aliphatic carbocycles. The second-order valence-electron chi connectivity index (χ2n) is 6.05. The number of aryl methyl sites for hydroxylation is 2. The standard InChI is InChI=1S/C19H25N3O5/c1-12-15(13(2)22(3)21-12)7-9-19(24)27-11-18(23)20-16-8-6-14(25-4)10-17(16)26-5/h6,8,10H,7,9,11H2,1-5H3,(H,20,23). The Morgan fingerprint density at radius 3 is 2.52 bits per heavy atom. The summed E-state index contributed by atoms with van der Waals surface area (Å²) < 4.78 is 17.2. The summed E-state index contributed by atoms with van der Waals surface area (Å²) in [6.45, 7) is 3.50. The summed E-state index contributed by atoms with van der Waals surface area (Å²) in [6.07, 6.45) is 0.713. The average molecular weight is 375 g/mol. The summed E-state index contributed by atoms with van der Waals surface area (Å²) in [6, 6.07) is 5.01. The predicted octanol–water partition coefficient (Wildman–Crippen LogP) is 2.17. The van der Waals surface area contributed by atoms with Gasteiger partial charge >= 0.3 is 5.97 Å². The summed E-state index contributed by atoms with van der Waals surface area (Å²) >= 11 is 0. The van der Waals surface area contributed by atoms with E-state index in [4.69, 9.17) is 14.2 Å². The lowest BCUT2D eigenvalue weighted by Crippen LogP contribution is -2.21. The fourth-order valence-electron chi connectivity index (χ4n) is 2.71. The van der Waals surface area contributed by atoms with Gasteiger partial charge in [0.2, 0.25) is 0 Å². The Balaban J connectivity index is 1.84. The fraction of sp³-hybridized carbons (Fsp3) is 0.421. The first-order valence-electron chi connectivity index (χ1n) is 8.52. The van der Waals surface area contributed by atoms with Crippen molar-refractivity contribution >= 4 is 17.6 Å². The topological polar surface area (TPSA) is 91.7 Å². The van der Waals surface area contributed by atoms with Gasteiger partial charge in [0.1, 0.15) is 11.5 Å². The molecule has 0 radical (unpaired) electrons. The van der Waals surface area contributed by atoms with Crippen LogP contribution in [-0.2, 0) is 27.8 Å². The Kier molecular flexibility index (Phi) is 6.81. The summed E-state index contributed by atoms with van der Waals surface area (Å²) in [5.41, 5.74) is 3.42. The minimum absolute atomic E-state index is 0.187. The number of nitrogens with one attached hydrogen (secondary N) is 1. The molecule has 8 heteroatoms. The Morgan fingerprint density at radius 2 is 1.93 bits per heavy atom. The van der Waals surface area contributed by atoms with Crippen LogP contribution in [0.3, 0.4) is 0 Å². The van der Waals surface area contributed by atoms with Crippen LogP contribution in [0.4, 0.5) is 5.69 Å². The monoisotopic (exact) mass is 375 g/mol. The molecule has 0 unspecified atom stereocenters. The molecule has 1 heterocycles. The molecule has 0 aliphatic rings. The van der Waals surface area contributed by atoms with Crippen LogP contribution in [0.5, 0.6) is 11.5 Å². The van der Waals surface area contributed by atoms with Gasteiger partial charge in [0.25, 0.3) is 5.91 Å². The minimum Gasteiger partial charge on any atom is -0.497 e. The molecule has 27 heavy (non-hydrogen) atoms. The van der Waals surface area contributed by atoms with E-state index in [1.807, 2.05) is 20.9 Å². The van der Waals surface area contributed by atoms with Crippen LogP contribution in [0.2, 0.25) is 0 Å². The van der Waals surface area contributed by atoms with Crippen LogP contribution < -0.4 is 14.8 Å². The van der Waals surface area contributed by atoms with E-state index < -0.39 is 11.9 Å². The molecule has 0 saturated carbocycles. The van der Waals surface area contributed by atoms with Crippen LogP contribution in [0.25, 0.3) is 0 Å². The summed E-state index contributed by atoms with van der Waals surface area (Å²) in [4.78, 5) is 24.0. The number of ether oxygens (including phenoxy) is 3. The second kappa shape index (κ2) is 9.07. The fourth-order valence-corrected chi connectivity index (χ4v) is 2.71. The number of nitrogens with zero attached hydrogens (tertiary/aromatic N) is 2. The maximum atomic E-state index is 12.0. The third-order valence-corrected chi connectivity index (χ3v) is 4.29. The van der Waals surface area contributed by atoms with Gasteiger partial charge in [0.15, 0.2) is 6.61 Å². The molecule has 1 N–H and O–H groups in total. The summed E-state index contributed by atoms with van der Waals surface area (Å²) in [5.74, 6) is 0.184. The lowest BCUT2D eigenvalue weighted by molar-refractivity contribution is -0.147. The molecule has 0 fully saturated rings. The zero-order valence-electron chi connectivity index (χ0n) is 16.3. The lowest BCUT2D eigenvalue weighted by atomic mass is 10.1. The van der Waals surface area contributed by atoms with Gasteiger partial charge in [-0.2, -0.15) is 5.10 Å². The molecule has 0 spiro atoms. The molecule has 1 amide bonds. The third-order valence-electron chi connectivity index (χ3n) is 4.29. The van der Waals surface area contributed by atoms with Crippen molar-refractivity contribution in [2.45, 2.75) is 26.7 Å². The SMILES string of the molecule is COc1ccc(NC(=O)COC(=O)CCc2c(C)nn(C)c2C)c(OC)c1. The van der Waals surface area contributed by atoms with Gasteiger partial charge < -0.3 is 19.5 Å². The number of hydrogen-bond donors (Lipinski definition) is 1. The van der Waals surface area contributed by atoms with E-state index in [1.165, 1.54) is 7.11 Å². The van der Waals surface area contributed by atoms with Crippen molar-refractivity contribution in [3.05, 3.63) is 35.2 Å². The Morgan fingerprint density at radius 1 is 1.19 bits per heavy atom. The first-order chi connectivity index (χ1) is 12.8. The van der Waals surface area contributed by atoms with Crippen molar-refractivity contribution in [3.63, 3.8) is 0 Å². The third kappa shape index (κ3) is 5.22. The number of amides is 1. The Labute approximate surface area is 158 Å². The Hall–Kier alpha value is -3.03. The highest BCUT2D eigenvalue weighted by Gasteiger charge is 2.14. The van der Waals surface area contributed by atoms with Gasteiger partial charge in [0.05, 0.1) is 25.6 Å². The molecule has 146 valence electrons. The molecule has 0 bridgehead atoms. The molecule has 0 atom stereocenters. The van der Waals surface area contributed by atoms with Gasteiger partial charge in [-0.05, 0) is 38.0 Å². The van der Waals surface area contributed by atoms with E-state index in [1.54, 1.807) is 30.0 Å². The van der Waals surface area contributed by atoms with Crippen LogP contribution in [-0.4, -0.2) is 42.5 Å². The first-order valence-corrected chi connectivity index (χ1v) is 8.52. The predicted molar refractivity (Wildman–Crippen MR) is 100 cm³/mol. The van der Waals surface area contributed by atoms with Crippen LogP contribution in [0.15, 0.2) is 18.2 Å². The number of esters is 1. The number of hydrogen-bond acceptors (Lipinski definition) is 6. The van der Waals surface area contributed by atoms with E-state index in [0.717, 1.165) is 17.0 Å². The zero-order chi connectivity index (χ0) is 20.0. The number of rotatable bonds is 8. The van der Waals surface area contributed by atoms with Gasteiger partial charge in [-0.15, -0.1) is 0 Å². The van der Waals surface area contributed by atoms with Crippen molar-refractivity contribution in [1.82, 2.24) is 9.78 Å². The smallest absolute Gasteiger partial charge is 0.306 e. The van der Waals surface area contributed by atoms with Crippen molar-refractivity contribution in [3.8, 4) is 11.5 Å². The van der Waals surface area contributed by atoms with Gasteiger partial charge in [0, 0.05) is 25.2 Å². The molecular formula is C19H25N3O5. The average Bonchev–Trinajstić information content (AvgIpc) is 2.90. The molecule has 2 aromatic rings. The number of methoxy groups -OCH3 is 2. The molecule has 0 aliphatic heterocycles. The highest BCUT2D eigenvalue weighted by molar-refractivity contribution is 5.94. The van der Waals surface area contributed by atoms with E-state index in [-0.39, 0.29) is 13.0 Å². The van der Waals surface area contributed by atoms with Gasteiger partial charge in [-0.1, -0.05) is 0 Å². The second-order valence-corrected chi connectivity index (χ2v) is 6.05. The van der Waals surface area contributed by atoms with Crippen LogP contribution >= 0.6 is 0 Å². The number of benzene rings is 1. The molecule has 0 saturated heterocycles. The van der Waals surface area contributed by atoms with E-state index in [9.17, 15) is 9.59 Å². The van der Waals surface area contributed by atoms with Crippen LogP contribution in [0.1, 0.15) is 23.4 Å². The van der Waals surface area contributed by atoms with Gasteiger partial charge in [-0.3, -0.25) is 14.3 Å². The molecular weight excluding hydrogens is 350 g/mol. The molecule has 1 aromatic carbocycles. The van der Waals surface area contributed by atoms with Crippen molar-refractivity contribution in [2.24, 2.45) is 7.05 Å². The zero-order valence-corrected chi connectivity index (χ0v) is 16.3. The van der Waals surface area contributed by atoms with E-state index >= 15 is 0 Å². The lowest BCUT2D eigenvalue weighted by Gasteiger charge is -2.11. The quantitative estimate of drug-likeness (QED) is 0.711.